The maximum atomic E-state index is 5.98. The van der Waals surface area contributed by atoms with Crippen LogP contribution in [-0.2, 0) is 0 Å². The van der Waals surface area contributed by atoms with Gasteiger partial charge >= 0.3 is 0 Å². The van der Waals surface area contributed by atoms with Crippen LogP contribution in [0.2, 0.25) is 10.0 Å². The number of hydrogen-bond acceptors (Lipinski definition) is 2. The van der Waals surface area contributed by atoms with E-state index in [-0.39, 0.29) is 6.04 Å². The van der Waals surface area contributed by atoms with Crippen LogP contribution in [0.25, 0.3) is 0 Å². The molecular weight excluding hydrogens is 254 g/mol. The molecule has 0 saturated heterocycles. The van der Waals surface area contributed by atoms with Gasteiger partial charge in [-0.25, -0.2) is 4.98 Å². The van der Waals surface area contributed by atoms with Crippen LogP contribution in [0.5, 0.6) is 0 Å². The average molecular weight is 268 g/mol. The molecule has 1 aromatic rings. The van der Waals surface area contributed by atoms with E-state index in [1.165, 1.54) is 0 Å². The van der Waals surface area contributed by atoms with Crippen molar-refractivity contribution in [2.24, 2.45) is 5.92 Å². The summed E-state index contributed by atoms with van der Waals surface area (Å²) in [6.45, 7) is 4.11. The van der Waals surface area contributed by atoms with Gasteiger partial charge in [0, 0.05) is 18.1 Å². The average Bonchev–Trinajstić information content (AvgIpc) is 2.20. The predicted octanol–water partition coefficient (Wildman–Crippen LogP) is 4.06. The fraction of sp³-hybridized carbons (Fsp3) is 0.500. The molecule has 0 radical (unpaired) electrons. The van der Waals surface area contributed by atoms with Crippen molar-refractivity contribution < 1.29 is 0 Å². The lowest BCUT2D eigenvalue weighted by Gasteiger charge is -2.20. The lowest BCUT2D eigenvalue weighted by molar-refractivity contribution is 0.564. The molecule has 2 nitrogen and oxygen atoms in total. The van der Waals surface area contributed by atoms with E-state index in [1.54, 1.807) is 12.3 Å². The molecule has 0 aliphatic carbocycles. The van der Waals surface area contributed by atoms with Crippen molar-refractivity contribution in [2.45, 2.75) is 19.9 Å². The van der Waals surface area contributed by atoms with Gasteiger partial charge < -0.3 is 5.32 Å². The Hall–Kier alpha value is -0.180. The number of alkyl halides is 1. The molecule has 2 unspecified atom stereocenters. The zero-order chi connectivity index (χ0) is 11.4. The van der Waals surface area contributed by atoms with E-state index >= 15 is 0 Å². The maximum Gasteiger partial charge on any atom is 0.145 e. The summed E-state index contributed by atoms with van der Waals surface area (Å²) in [4.78, 5) is 4.12. The molecule has 0 bridgehead atoms. The molecule has 0 aliphatic rings. The standard InChI is InChI=1S/C10H13Cl3N2/c1-6(4-11)7(2)15-10-9(13)3-8(12)5-14-10/h3,5-7H,4H2,1-2H3,(H,14,15). The number of halogens is 3. The van der Waals surface area contributed by atoms with Crippen molar-refractivity contribution in [1.29, 1.82) is 0 Å². The summed E-state index contributed by atoms with van der Waals surface area (Å²) in [6.07, 6.45) is 1.56. The summed E-state index contributed by atoms with van der Waals surface area (Å²) < 4.78 is 0. The van der Waals surface area contributed by atoms with Gasteiger partial charge in [0.1, 0.15) is 5.82 Å². The molecule has 0 spiro atoms. The normalized spacial score (nSPS) is 14.7. The van der Waals surface area contributed by atoms with E-state index in [0.29, 0.717) is 27.7 Å². The minimum absolute atomic E-state index is 0.216. The SMILES string of the molecule is CC(CCl)C(C)Nc1ncc(Cl)cc1Cl. The molecule has 1 heterocycles. The second kappa shape index (κ2) is 5.78. The first-order valence-electron chi connectivity index (χ1n) is 4.68. The van der Waals surface area contributed by atoms with Gasteiger partial charge in [0.05, 0.1) is 10.0 Å². The molecule has 0 amide bonds. The van der Waals surface area contributed by atoms with Crippen LogP contribution in [0.1, 0.15) is 13.8 Å². The fourth-order valence-corrected chi connectivity index (χ4v) is 1.71. The number of rotatable bonds is 4. The molecule has 1 rings (SSSR count). The lowest BCUT2D eigenvalue weighted by atomic mass is 10.1. The van der Waals surface area contributed by atoms with Gasteiger partial charge in [-0.3, -0.25) is 0 Å². The van der Waals surface area contributed by atoms with Crippen LogP contribution in [0, 0.1) is 5.92 Å². The van der Waals surface area contributed by atoms with Crippen LogP contribution < -0.4 is 5.32 Å². The molecule has 1 N–H and O–H groups in total. The summed E-state index contributed by atoms with van der Waals surface area (Å²) in [5.74, 6) is 1.59. The first-order chi connectivity index (χ1) is 7.04. The molecule has 0 saturated carbocycles. The Labute approximate surface area is 105 Å². The lowest BCUT2D eigenvalue weighted by Crippen LogP contribution is -2.25. The molecule has 0 aliphatic heterocycles. The Morgan fingerprint density at radius 1 is 1.40 bits per heavy atom. The summed E-state index contributed by atoms with van der Waals surface area (Å²) in [7, 11) is 0. The third kappa shape index (κ3) is 3.71. The second-order valence-corrected chi connectivity index (χ2v) is 4.70. The molecule has 84 valence electrons. The highest BCUT2D eigenvalue weighted by atomic mass is 35.5. The predicted molar refractivity (Wildman–Crippen MR) is 67.2 cm³/mol. The zero-order valence-electron chi connectivity index (χ0n) is 8.60. The second-order valence-electron chi connectivity index (χ2n) is 3.55. The van der Waals surface area contributed by atoms with Crippen LogP contribution in [0.4, 0.5) is 5.82 Å². The zero-order valence-corrected chi connectivity index (χ0v) is 10.9. The third-order valence-corrected chi connectivity index (χ3v) is 3.25. The molecule has 15 heavy (non-hydrogen) atoms. The smallest absolute Gasteiger partial charge is 0.145 e. The van der Waals surface area contributed by atoms with E-state index in [0.717, 1.165) is 0 Å². The van der Waals surface area contributed by atoms with Gasteiger partial charge in [0.2, 0.25) is 0 Å². The number of anilines is 1. The van der Waals surface area contributed by atoms with E-state index in [2.05, 4.69) is 17.2 Å². The Morgan fingerprint density at radius 3 is 2.60 bits per heavy atom. The minimum Gasteiger partial charge on any atom is -0.366 e. The first-order valence-corrected chi connectivity index (χ1v) is 5.97. The molecule has 0 fully saturated rings. The number of nitrogens with one attached hydrogen (secondary N) is 1. The number of pyridine rings is 1. The first kappa shape index (κ1) is 12.9. The van der Waals surface area contributed by atoms with Gasteiger partial charge in [-0.05, 0) is 18.9 Å². The Bertz CT molecular complexity index is 330. The minimum atomic E-state index is 0.216. The highest BCUT2D eigenvalue weighted by Crippen LogP contribution is 2.24. The molecule has 5 heteroatoms. The molecule has 1 aromatic heterocycles. The van der Waals surface area contributed by atoms with Crippen LogP contribution in [-0.4, -0.2) is 16.9 Å². The van der Waals surface area contributed by atoms with Gasteiger partial charge in [-0.2, -0.15) is 0 Å². The van der Waals surface area contributed by atoms with Crippen molar-refractivity contribution in [3.8, 4) is 0 Å². The summed E-state index contributed by atoms with van der Waals surface area (Å²) in [5, 5.41) is 4.26. The van der Waals surface area contributed by atoms with Gasteiger partial charge in [-0.15, -0.1) is 11.6 Å². The molecule has 0 aromatic carbocycles. The van der Waals surface area contributed by atoms with Crippen molar-refractivity contribution in [3.63, 3.8) is 0 Å². The fourth-order valence-electron chi connectivity index (χ4n) is 1.01. The number of nitrogens with zero attached hydrogens (tertiary/aromatic N) is 1. The summed E-state index contributed by atoms with van der Waals surface area (Å²) in [6, 6.07) is 1.88. The van der Waals surface area contributed by atoms with Gasteiger partial charge in [0.15, 0.2) is 0 Å². The quantitative estimate of drug-likeness (QED) is 0.832. The number of aromatic nitrogens is 1. The van der Waals surface area contributed by atoms with Crippen molar-refractivity contribution in [3.05, 3.63) is 22.3 Å². The maximum absolute atomic E-state index is 5.98. The summed E-state index contributed by atoms with van der Waals surface area (Å²) in [5.41, 5.74) is 0. The Balaban J connectivity index is 2.72. The monoisotopic (exact) mass is 266 g/mol. The van der Waals surface area contributed by atoms with Crippen molar-refractivity contribution in [1.82, 2.24) is 4.98 Å². The highest BCUT2D eigenvalue weighted by Gasteiger charge is 2.12. The van der Waals surface area contributed by atoms with Crippen LogP contribution in [0.15, 0.2) is 12.3 Å². The van der Waals surface area contributed by atoms with Crippen LogP contribution >= 0.6 is 34.8 Å². The molecular formula is C10H13Cl3N2. The number of hydrogen-bond donors (Lipinski definition) is 1. The Morgan fingerprint density at radius 2 is 2.07 bits per heavy atom. The third-order valence-electron chi connectivity index (χ3n) is 2.27. The highest BCUT2D eigenvalue weighted by molar-refractivity contribution is 6.35. The molecule has 2 atom stereocenters. The van der Waals surface area contributed by atoms with Crippen molar-refractivity contribution in [2.75, 3.05) is 11.2 Å². The van der Waals surface area contributed by atoms with E-state index < -0.39 is 0 Å². The van der Waals surface area contributed by atoms with E-state index in [1.807, 2.05) is 6.92 Å². The van der Waals surface area contributed by atoms with Gasteiger partial charge in [0.25, 0.3) is 0 Å². The van der Waals surface area contributed by atoms with Gasteiger partial charge in [-0.1, -0.05) is 30.1 Å². The summed E-state index contributed by atoms with van der Waals surface area (Å²) >= 11 is 17.5. The van der Waals surface area contributed by atoms with Crippen molar-refractivity contribution >= 4 is 40.6 Å². The van der Waals surface area contributed by atoms with Crippen LogP contribution in [0.3, 0.4) is 0 Å². The largest absolute Gasteiger partial charge is 0.366 e. The Kier molecular flexibility index (Phi) is 4.97. The topological polar surface area (TPSA) is 24.9 Å². The van der Waals surface area contributed by atoms with E-state index in [4.69, 9.17) is 34.8 Å². The van der Waals surface area contributed by atoms with E-state index in [9.17, 15) is 0 Å².